The fourth-order valence-electron chi connectivity index (χ4n) is 7.17. The highest BCUT2D eigenvalue weighted by Crippen LogP contribution is 2.60. The fraction of sp³-hybridized carbons (Fsp3) is 0.400. The quantitative estimate of drug-likeness (QED) is 0.280. The molecule has 4 fully saturated rings. The Hall–Kier alpha value is -3.64. The number of nitrogens with one attached hydrogen (secondary N) is 3. The molecule has 0 saturated heterocycles. The second kappa shape index (κ2) is 10.9. The highest BCUT2D eigenvalue weighted by molar-refractivity contribution is 9.10. The van der Waals surface area contributed by atoms with Gasteiger partial charge in [0.05, 0.1) is 6.20 Å². The maximum Gasteiger partial charge on any atom is 0.407 e. The second-order valence-corrected chi connectivity index (χ2v) is 12.2. The molecule has 1 unspecified atom stereocenters. The van der Waals surface area contributed by atoms with Crippen LogP contribution >= 0.6 is 15.9 Å². The van der Waals surface area contributed by atoms with Gasteiger partial charge in [-0.25, -0.2) is 9.78 Å². The number of carbonyl (C=O) groups excluding carboxylic acids is 1. The summed E-state index contributed by atoms with van der Waals surface area (Å²) in [6.07, 6.45) is 6.82. The number of alkyl carbamates (subject to hydrolysis) is 1. The van der Waals surface area contributed by atoms with E-state index >= 15 is 0 Å². The van der Waals surface area contributed by atoms with E-state index in [4.69, 9.17) is 4.74 Å². The molecule has 2 aromatic carbocycles. The summed E-state index contributed by atoms with van der Waals surface area (Å²) in [4.78, 5) is 21.6. The monoisotopic (exact) mass is 586 g/mol. The van der Waals surface area contributed by atoms with Gasteiger partial charge in [-0.05, 0) is 79.0 Å². The van der Waals surface area contributed by atoms with Gasteiger partial charge in [0.15, 0.2) is 0 Å². The maximum absolute atomic E-state index is 12.7. The SMILES string of the molecule is N#Cc1cnc(Nc2cccc(Br)c2)nc1NC[C@]12CC3C[C@H](C1)[C@H](NC(=O)OCc1ccccc1)[C@@H](C3)C2. The van der Waals surface area contributed by atoms with Gasteiger partial charge in [-0.3, -0.25) is 0 Å². The lowest BCUT2D eigenvalue weighted by Gasteiger charge is -2.60. The van der Waals surface area contributed by atoms with Crippen LogP contribution in [-0.2, 0) is 11.3 Å². The van der Waals surface area contributed by atoms with Crippen LogP contribution in [0, 0.1) is 34.5 Å². The van der Waals surface area contributed by atoms with E-state index in [1.807, 2.05) is 54.6 Å². The van der Waals surface area contributed by atoms with Gasteiger partial charge in [-0.2, -0.15) is 10.2 Å². The number of carbonyl (C=O) groups is 1. The molecule has 0 spiro atoms. The van der Waals surface area contributed by atoms with E-state index in [1.165, 1.54) is 6.42 Å². The van der Waals surface area contributed by atoms with Gasteiger partial charge >= 0.3 is 6.09 Å². The predicted molar refractivity (Wildman–Crippen MR) is 152 cm³/mol. The smallest absolute Gasteiger partial charge is 0.407 e. The largest absolute Gasteiger partial charge is 0.445 e. The summed E-state index contributed by atoms with van der Waals surface area (Å²) in [6.45, 7) is 1.04. The third-order valence-corrected chi connectivity index (χ3v) is 9.01. The average molecular weight is 588 g/mol. The van der Waals surface area contributed by atoms with Crippen molar-refractivity contribution in [2.75, 3.05) is 17.2 Å². The zero-order valence-electron chi connectivity index (χ0n) is 21.6. The molecule has 8 nitrogen and oxygen atoms in total. The minimum absolute atomic E-state index is 0.137. The molecule has 0 radical (unpaired) electrons. The number of aromatic nitrogens is 2. The van der Waals surface area contributed by atoms with Crippen molar-refractivity contribution in [3.05, 3.63) is 76.4 Å². The zero-order valence-corrected chi connectivity index (χ0v) is 23.2. The van der Waals surface area contributed by atoms with Crippen LogP contribution < -0.4 is 16.0 Å². The van der Waals surface area contributed by atoms with Crippen molar-refractivity contribution in [2.24, 2.45) is 23.2 Å². The number of nitrogens with zero attached hydrogens (tertiary/aromatic N) is 3. The van der Waals surface area contributed by atoms with Crippen LogP contribution in [0.3, 0.4) is 0 Å². The predicted octanol–water partition coefficient (Wildman–Crippen LogP) is 6.39. The van der Waals surface area contributed by atoms with E-state index in [0.29, 0.717) is 35.1 Å². The molecule has 7 rings (SSSR count). The summed E-state index contributed by atoms with van der Waals surface area (Å²) < 4.78 is 6.49. The van der Waals surface area contributed by atoms with Gasteiger partial charge in [0.1, 0.15) is 24.1 Å². The highest BCUT2D eigenvalue weighted by atomic mass is 79.9. The van der Waals surface area contributed by atoms with Crippen molar-refractivity contribution >= 4 is 39.5 Å². The summed E-state index contributed by atoms with van der Waals surface area (Å²) in [5, 5.41) is 19.6. The lowest BCUT2D eigenvalue weighted by Crippen LogP contribution is -2.60. The van der Waals surface area contributed by atoms with Gasteiger partial charge < -0.3 is 20.7 Å². The van der Waals surface area contributed by atoms with Crippen molar-refractivity contribution in [3.63, 3.8) is 0 Å². The van der Waals surface area contributed by atoms with Crippen LogP contribution in [0.2, 0.25) is 0 Å². The normalized spacial score (nSPS) is 26.5. The van der Waals surface area contributed by atoms with E-state index in [9.17, 15) is 10.1 Å². The van der Waals surface area contributed by atoms with Gasteiger partial charge in [-0.15, -0.1) is 0 Å². The summed E-state index contributed by atoms with van der Waals surface area (Å²) >= 11 is 3.48. The molecule has 39 heavy (non-hydrogen) atoms. The minimum Gasteiger partial charge on any atom is -0.445 e. The molecular weight excluding hydrogens is 556 g/mol. The Bertz CT molecular complexity index is 1380. The molecular formula is C30H31BrN6O2. The Kier molecular flexibility index (Phi) is 7.13. The number of rotatable bonds is 8. The van der Waals surface area contributed by atoms with Crippen molar-refractivity contribution in [2.45, 2.75) is 44.8 Å². The topological polar surface area (TPSA) is 112 Å². The van der Waals surface area contributed by atoms with Gasteiger partial charge in [0, 0.05) is 22.7 Å². The molecule has 1 aromatic heterocycles. The van der Waals surface area contributed by atoms with E-state index in [0.717, 1.165) is 48.0 Å². The van der Waals surface area contributed by atoms with Crippen LogP contribution in [0.25, 0.3) is 0 Å². The maximum atomic E-state index is 12.7. The van der Waals surface area contributed by atoms with Crippen molar-refractivity contribution in [1.29, 1.82) is 5.26 Å². The van der Waals surface area contributed by atoms with Crippen molar-refractivity contribution in [3.8, 4) is 6.07 Å². The zero-order chi connectivity index (χ0) is 26.8. The molecule has 4 aliphatic rings. The molecule has 3 aromatic rings. The first-order valence-electron chi connectivity index (χ1n) is 13.5. The van der Waals surface area contributed by atoms with Crippen molar-refractivity contribution in [1.82, 2.24) is 15.3 Å². The fourth-order valence-corrected chi connectivity index (χ4v) is 7.57. The Morgan fingerprint density at radius 3 is 2.64 bits per heavy atom. The Balaban J connectivity index is 1.10. The molecule has 3 N–H and O–H groups in total. The highest BCUT2D eigenvalue weighted by Gasteiger charge is 2.55. The average Bonchev–Trinajstić information content (AvgIpc) is 2.93. The van der Waals surface area contributed by atoms with E-state index in [1.54, 1.807) is 6.20 Å². The number of halogens is 1. The number of hydrogen-bond acceptors (Lipinski definition) is 7. The van der Waals surface area contributed by atoms with Crippen LogP contribution in [0.15, 0.2) is 65.3 Å². The molecule has 4 bridgehead atoms. The molecule has 9 heteroatoms. The van der Waals surface area contributed by atoms with E-state index < -0.39 is 0 Å². The molecule has 4 aliphatic carbocycles. The number of amides is 1. The third kappa shape index (κ3) is 5.71. The van der Waals surface area contributed by atoms with Crippen LogP contribution in [0.4, 0.5) is 22.2 Å². The van der Waals surface area contributed by atoms with Crippen molar-refractivity contribution < 1.29 is 9.53 Å². The molecule has 1 heterocycles. The summed E-state index contributed by atoms with van der Waals surface area (Å²) in [6, 6.07) is 19.9. The molecule has 5 atom stereocenters. The lowest BCUT2D eigenvalue weighted by atomic mass is 9.48. The molecule has 200 valence electrons. The number of benzene rings is 2. The summed E-state index contributed by atoms with van der Waals surface area (Å²) in [5.74, 6) is 2.56. The number of ether oxygens (including phenoxy) is 1. The Labute approximate surface area is 236 Å². The summed E-state index contributed by atoms with van der Waals surface area (Å²) in [7, 11) is 0. The third-order valence-electron chi connectivity index (χ3n) is 8.52. The first-order valence-corrected chi connectivity index (χ1v) is 14.3. The summed E-state index contributed by atoms with van der Waals surface area (Å²) in [5.41, 5.74) is 2.42. The van der Waals surface area contributed by atoms with Crippen LogP contribution in [0.5, 0.6) is 0 Å². The lowest BCUT2D eigenvalue weighted by molar-refractivity contribution is -0.0683. The van der Waals surface area contributed by atoms with Gasteiger partial charge in [0.25, 0.3) is 0 Å². The first kappa shape index (κ1) is 25.6. The number of anilines is 3. The van der Waals surface area contributed by atoms with Gasteiger partial charge in [-0.1, -0.05) is 52.3 Å². The van der Waals surface area contributed by atoms with Crippen LogP contribution in [0.1, 0.15) is 43.2 Å². The Morgan fingerprint density at radius 2 is 1.90 bits per heavy atom. The molecule has 4 saturated carbocycles. The number of nitriles is 1. The second-order valence-electron chi connectivity index (χ2n) is 11.3. The minimum atomic E-state index is -0.325. The molecule has 0 aliphatic heterocycles. The van der Waals surface area contributed by atoms with Crippen LogP contribution in [-0.4, -0.2) is 28.6 Å². The number of hydrogen-bond donors (Lipinski definition) is 3. The van der Waals surface area contributed by atoms with Gasteiger partial charge in [0.2, 0.25) is 5.95 Å². The molecule has 1 amide bonds. The van der Waals surface area contributed by atoms with E-state index in [-0.39, 0.29) is 24.2 Å². The Morgan fingerprint density at radius 1 is 1.10 bits per heavy atom. The van der Waals surface area contributed by atoms with E-state index in [2.05, 4.69) is 47.9 Å². The standard InChI is InChI=1S/C30H31BrN6O2/c31-24-7-4-8-25(11-24)35-28-33-16-23(15-32)27(37-28)34-18-30-12-20-9-21(13-30)26(22(10-20)14-30)36-29(38)39-17-19-5-2-1-3-6-19/h1-8,11,16,20-22,26H,9-10,12-14,17-18H2,(H,36,38)(H2,33,34,35,37)/t20?,21-,22+,26+,30-. The first-order chi connectivity index (χ1) is 19.0.